The van der Waals surface area contributed by atoms with Gasteiger partial charge in [0.15, 0.2) is 11.4 Å². The average Bonchev–Trinajstić information content (AvgIpc) is 2.65. The number of nitrogens with zero attached hydrogens (tertiary/aromatic N) is 3. The highest BCUT2D eigenvalue weighted by molar-refractivity contribution is 5.97. The third-order valence-electron chi connectivity index (χ3n) is 3.28. The SMILES string of the molecule is CCCOc1nc(-c2cccc(C#N)c2)nc(NC)c1C(=O)OCC. The zero-order valence-electron chi connectivity index (χ0n) is 14.5. The van der Waals surface area contributed by atoms with E-state index in [1.165, 1.54) is 0 Å². The van der Waals surface area contributed by atoms with Crippen molar-refractivity contribution in [3.8, 4) is 23.3 Å². The first kappa shape index (κ1) is 18.2. The van der Waals surface area contributed by atoms with Crippen molar-refractivity contribution in [1.29, 1.82) is 5.26 Å². The van der Waals surface area contributed by atoms with Crippen LogP contribution < -0.4 is 10.1 Å². The summed E-state index contributed by atoms with van der Waals surface area (Å²) in [7, 11) is 1.66. The minimum Gasteiger partial charge on any atom is -0.477 e. The van der Waals surface area contributed by atoms with E-state index in [9.17, 15) is 4.79 Å². The van der Waals surface area contributed by atoms with Gasteiger partial charge in [-0.05, 0) is 25.5 Å². The molecule has 0 amide bonds. The Morgan fingerprint density at radius 1 is 1.32 bits per heavy atom. The van der Waals surface area contributed by atoms with Gasteiger partial charge in [-0.15, -0.1) is 0 Å². The van der Waals surface area contributed by atoms with Gasteiger partial charge in [-0.25, -0.2) is 9.78 Å². The van der Waals surface area contributed by atoms with Gasteiger partial charge in [0.05, 0.1) is 24.8 Å². The molecule has 0 aliphatic rings. The van der Waals surface area contributed by atoms with Gasteiger partial charge in [-0.1, -0.05) is 19.1 Å². The van der Waals surface area contributed by atoms with Crippen molar-refractivity contribution >= 4 is 11.8 Å². The summed E-state index contributed by atoms with van der Waals surface area (Å²) in [5.41, 5.74) is 1.32. The summed E-state index contributed by atoms with van der Waals surface area (Å²) in [6, 6.07) is 9.01. The van der Waals surface area contributed by atoms with Crippen LogP contribution in [0.2, 0.25) is 0 Å². The molecule has 0 fully saturated rings. The van der Waals surface area contributed by atoms with Crippen LogP contribution in [0.3, 0.4) is 0 Å². The molecule has 2 rings (SSSR count). The molecule has 1 heterocycles. The molecule has 0 aliphatic heterocycles. The quantitative estimate of drug-likeness (QED) is 0.774. The Bertz CT molecular complexity index is 799. The van der Waals surface area contributed by atoms with Crippen LogP contribution in [0.25, 0.3) is 11.4 Å². The second kappa shape index (κ2) is 8.64. The second-order valence-corrected chi connectivity index (χ2v) is 5.09. The topological polar surface area (TPSA) is 97.1 Å². The van der Waals surface area contributed by atoms with Crippen molar-refractivity contribution in [2.75, 3.05) is 25.6 Å². The summed E-state index contributed by atoms with van der Waals surface area (Å²) in [6.07, 6.45) is 0.764. The molecule has 0 unspecified atom stereocenters. The summed E-state index contributed by atoms with van der Waals surface area (Å²) in [6.45, 7) is 4.33. The number of esters is 1. The van der Waals surface area contributed by atoms with Crippen LogP contribution in [0.1, 0.15) is 36.2 Å². The predicted molar refractivity (Wildman–Crippen MR) is 93.5 cm³/mol. The molecule has 0 aliphatic carbocycles. The average molecular weight is 340 g/mol. The summed E-state index contributed by atoms with van der Waals surface area (Å²) < 4.78 is 10.7. The van der Waals surface area contributed by atoms with Gasteiger partial charge in [0.2, 0.25) is 5.88 Å². The van der Waals surface area contributed by atoms with Gasteiger partial charge < -0.3 is 14.8 Å². The van der Waals surface area contributed by atoms with Gasteiger partial charge in [0.25, 0.3) is 0 Å². The first-order valence-corrected chi connectivity index (χ1v) is 8.04. The number of nitrogens with one attached hydrogen (secondary N) is 1. The van der Waals surface area contributed by atoms with Crippen molar-refractivity contribution in [3.63, 3.8) is 0 Å². The van der Waals surface area contributed by atoms with E-state index < -0.39 is 5.97 Å². The maximum absolute atomic E-state index is 12.3. The third-order valence-corrected chi connectivity index (χ3v) is 3.28. The standard InChI is InChI=1S/C18H20N4O3/c1-4-9-25-17-14(18(23)24-5-2)16(20-3)21-15(22-17)13-8-6-7-12(10-13)11-19/h6-8,10H,4-5,9H2,1-3H3,(H,20,21,22). The number of carbonyl (C=O) groups is 1. The summed E-state index contributed by atoms with van der Waals surface area (Å²) in [5.74, 6) is 0.296. The van der Waals surface area contributed by atoms with Gasteiger partial charge in [-0.3, -0.25) is 0 Å². The smallest absolute Gasteiger partial charge is 0.347 e. The van der Waals surface area contributed by atoms with Crippen molar-refractivity contribution < 1.29 is 14.3 Å². The lowest BCUT2D eigenvalue weighted by Gasteiger charge is -2.14. The first-order valence-electron chi connectivity index (χ1n) is 8.04. The number of ether oxygens (including phenoxy) is 2. The Morgan fingerprint density at radius 2 is 2.12 bits per heavy atom. The van der Waals surface area contributed by atoms with Crippen molar-refractivity contribution in [1.82, 2.24) is 9.97 Å². The van der Waals surface area contributed by atoms with Crippen molar-refractivity contribution in [3.05, 3.63) is 35.4 Å². The van der Waals surface area contributed by atoms with E-state index in [2.05, 4.69) is 21.4 Å². The maximum Gasteiger partial charge on any atom is 0.347 e. The lowest BCUT2D eigenvalue weighted by atomic mass is 10.1. The van der Waals surface area contributed by atoms with E-state index in [1.54, 1.807) is 38.2 Å². The minimum atomic E-state index is -0.546. The van der Waals surface area contributed by atoms with Crippen LogP contribution in [-0.2, 0) is 4.74 Å². The molecular formula is C18H20N4O3. The van der Waals surface area contributed by atoms with E-state index in [0.29, 0.717) is 29.4 Å². The molecule has 7 heteroatoms. The second-order valence-electron chi connectivity index (χ2n) is 5.09. The van der Waals surface area contributed by atoms with Crippen LogP contribution in [-0.4, -0.2) is 36.2 Å². The van der Waals surface area contributed by atoms with Gasteiger partial charge in [0.1, 0.15) is 5.82 Å². The summed E-state index contributed by atoms with van der Waals surface area (Å²) in [4.78, 5) is 21.1. The summed E-state index contributed by atoms with van der Waals surface area (Å²) in [5, 5.41) is 12.0. The van der Waals surface area contributed by atoms with E-state index >= 15 is 0 Å². The number of hydrogen-bond acceptors (Lipinski definition) is 7. The Balaban J connectivity index is 2.59. The molecule has 1 aromatic heterocycles. The number of rotatable bonds is 7. The number of anilines is 1. The van der Waals surface area contributed by atoms with Crippen molar-refractivity contribution in [2.24, 2.45) is 0 Å². The number of aromatic nitrogens is 2. The van der Waals surface area contributed by atoms with Crippen molar-refractivity contribution in [2.45, 2.75) is 20.3 Å². The molecule has 2 aromatic rings. The van der Waals surface area contributed by atoms with Crippen LogP contribution in [0.15, 0.2) is 24.3 Å². The Labute approximate surface area is 146 Å². The number of benzene rings is 1. The fourth-order valence-corrected chi connectivity index (χ4v) is 2.17. The third kappa shape index (κ3) is 4.23. The molecule has 130 valence electrons. The van der Waals surface area contributed by atoms with E-state index in [0.717, 1.165) is 6.42 Å². The van der Waals surface area contributed by atoms with Crippen LogP contribution in [0.5, 0.6) is 5.88 Å². The minimum absolute atomic E-state index is 0.164. The van der Waals surface area contributed by atoms with Crippen LogP contribution >= 0.6 is 0 Å². The zero-order chi connectivity index (χ0) is 18.2. The predicted octanol–water partition coefficient (Wildman–Crippen LogP) is 3.02. The molecule has 0 bridgehead atoms. The largest absolute Gasteiger partial charge is 0.477 e. The maximum atomic E-state index is 12.3. The highest BCUT2D eigenvalue weighted by Gasteiger charge is 2.23. The molecule has 25 heavy (non-hydrogen) atoms. The molecule has 0 atom stereocenters. The number of carbonyl (C=O) groups excluding carboxylic acids is 1. The Kier molecular flexibility index (Phi) is 6.29. The lowest BCUT2D eigenvalue weighted by molar-refractivity contribution is 0.0521. The molecular weight excluding hydrogens is 320 g/mol. The lowest BCUT2D eigenvalue weighted by Crippen LogP contribution is -2.14. The van der Waals surface area contributed by atoms with Gasteiger partial charge in [-0.2, -0.15) is 10.2 Å². The molecule has 1 N–H and O–H groups in total. The van der Waals surface area contributed by atoms with E-state index in [1.807, 2.05) is 6.92 Å². The Hall–Kier alpha value is -3.14. The molecule has 0 saturated carbocycles. The van der Waals surface area contributed by atoms with Gasteiger partial charge in [0, 0.05) is 12.6 Å². The van der Waals surface area contributed by atoms with Crippen LogP contribution in [0.4, 0.5) is 5.82 Å². The fraction of sp³-hybridized carbons (Fsp3) is 0.333. The highest BCUT2D eigenvalue weighted by atomic mass is 16.5. The van der Waals surface area contributed by atoms with E-state index in [-0.39, 0.29) is 18.1 Å². The normalized spacial score (nSPS) is 10.0. The van der Waals surface area contributed by atoms with Gasteiger partial charge >= 0.3 is 5.97 Å². The molecule has 7 nitrogen and oxygen atoms in total. The van der Waals surface area contributed by atoms with E-state index in [4.69, 9.17) is 14.7 Å². The molecule has 0 saturated heterocycles. The fourth-order valence-electron chi connectivity index (χ4n) is 2.17. The molecule has 0 radical (unpaired) electrons. The monoisotopic (exact) mass is 340 g/mol. The summed E-state index contributed by atoms with van der Waals surface area (Å²) >= 11 is 0. The molecule has 0 spiro atoms. The first-order chi connectivity index (χ1) is 12.1. The Morgan fingerprint density at radius 3 is 2.76 bits per heavy atom. The zero-order valence-corrected chi connectivity index (χ0v) is 14.5. The number of nitriles is 1. The molecule has 1 aromatic carbocycles. The number of hydrogen-bond donors (Lipinski definition) is 1. The highest BCUT2D eigenvalue weighted by Crippen LogP contribution is 2.28. The van der Waals surface area contributed by atoms with Crippen LogP contribution in [0, 0.1) is 11.3 Å².